The van der Waals surface area contributed by atoms with Crippen molar-refractivity contribution in [1.29, 1.82) is 0 Å². The summed E-state index contributed by atoms with van der Waals surface area (Å²) in [5.41, 5.74) is 2.56. The molecule has 0 radical (unpaired) electrons. The Morgan fingerprint density at radius 2 is 1.83 bits per heavy atom. The van der Waals surface area contributed by atoms with Crippen LogP contribution in [0.5, 0.6) is 0 Å². The first-order chi connectivity index (χ1) is 11.0. The highest BCUT2D eigenvalue weighted by molar-refractivity contribution is 14.1. The maximum absolute atomic E-state index is 12.5. The van der Waals surface area contributed by atoms with Gasteiger partial charge in [-0.15, -0.1) is 0 Å². The summed E-state index contributed by atoms with van der Waals surface area (Å²) in [5.74, 6) is 0.934. The van der Waals surface area contributed by atoms with Crippen LogP contribution < -0.4 is 5.32 Å². The van der Waals surface area contributed by atoms with Crippen LogP contribution in [-0.2, 0) is 0 Å². The molecular weight excluding hydrogens is 401 g/mol. The van der Waals surface area contributed by atoms with Crippen molar-refractivity contribution in [2.24, 2.45) is 5.92 Å². The predicted molar refractivity (Wildman–Crippen MR) is 100 cm³/mol. The van der Waals surface area contributed by atoms with E-state index in [1.165, 1.54) is 0 Å². The molecule has 1 heterocycles. The number of amides is 1. The van der Waals surface area contributed by atoms with Gasteiger partial charge in [0.1, 0.15) is 5.82 Å². The van der Waals surface area contributed by atoms with E-state index in [4.69, 9.17) is 0 Å². The van der Waals surface area contributed by atoms with Crippen LogP contribution >= 0.6 is 22.6 Å². The van der Waals surface area contributed by atoms with Crippen LogP contribution in [0.15, 0.2) is 48.5 Å². The predicted octanol–water partition coefficient (Wildman–Crippen LogP) is 4.29. The van der Waals surface area contributed by atoms with Crippen molar-refractivity contribution >= 4 is 39.5 Å². The number of fused-ring (bicyclic) bond motifs is 1. The van der Waals surface area contributed by atoms with E-state index in [0.29, 0.717) is 5.56 Å². The molecule has 23 heavy (non-hydrogen) atoms. The SMILES string of the molecule is CC(C)C(NC(=O)c1ccc(I)cc1)c1nc2ccccc2[nH]1. The number of hydrogen-bond donors (Lipinski definition) is 2. The van der Waals surface area contributed by atoms with Crippen molar-refractivity contribution in [3.8, 4) is 0 Å². The van der Waals surface area contributed by atoms with E-state index in [1.54, 1.807) is 0 Å². The molecular formula is C18H18IN3O. The largest absolute Gasteiger partial charge is 0.342 e. The molecule has 0 aliphatic heterocycles. The number of benzene rings is 2. The molecule has 0 fully saturated rings. The molecule has 1 amide bonds. The normalized spacial score (nSPS) is 12.5. The number of halogens is 1. The molecule has 0 spiro atoms. The summed E-state index contributed by atoms with van der Waals surface area (Å²) in [6, 6.07) is 15.3. The zero-order chi connectivity index (χ0) is 16.4. The monoisotopic (exact) mass is 419 g/mol. The van der Waals surface area contributed by atoms with Gasteiger partial charge in [0.05, 0.1) is 17.1 Å². The number of carbonyl (C=O) groups excluding carboxylic acids is 1. The number of aromatic amines is 1. The van der Waals surface area contributed by atoms with Crippen molar-refractivity contribution in [2.45, 2.75) is 19.9 Å². The summed E-state index contributed by atoms with van der Waals surface area (Å²) in [5, 5.41) is 3.09. The molecule has 0 saturated carbocycles. The third-order valence-electron chi connectivity index (χ3n) is 3.76. The highest BCUT2D eigenvalue weighted by Crippen LogP contribution is 2.22. The van der Waals surface area contributed by atoms with Gasteiger partial charge in [0.2, 0.25) is 0 Å². The van der Waals surface area contributed by atoms with Crippen molar-refractivity contribution in [3.05, 3.63) is 63.5 Å². The molecule has 0 saturated heterocycles. The van der Waals surface area contributed by atoms with Crippen LogP contribution in [0.4, 0.5) is 0 Å². The Bertz CT molecular complexity index is 791. The lowest BCUT2D eigenvalue weighted by atomic mass is 10.0. The van der Waals surface area contributed by atoms with Crippen molar-refractivity contribution in [1.82, 2.24) is 15.3 Å². The second kappa shape index (κ2) is 6.70. The minimum absolute atomic E-state index is 0.0828. The average molecular weight is 419 g/mol. The summed E-state index contributed by atoms with van der Waals surface area (Å²) < 4.78 is 1.11. The lowest BCUT2D eigenvalue weighted by molar-refractivity contribution is 0.0923. The molecule has 2 aromatic carbocycles. The topological polar surface area (TPSA) is 57.8 Å². The molecule has 0 aliphatic rings. The first-order valence-electron chi connectivity index (χ1n) is 7.55. The lowest BCUT2D eigenvalue weighted by Crippen LogP contribution is -2.32. The third-order valence-corrected chi connectivity index (χ3v) is 4.48. The van der Waals surface area contributed by atoms with Crippen LogP contribution in [0.3, 0.4) is 0 Å². The summed E-state index contributed by atoms with van der Waals surface area (Å²) in [7, 11) is 0. The summed E-state index contributed by atoms with van der Waals surface area (Å²) in [6.45, 7) is 4.15. The van der Waals surface area contributed by atoms with Crippen LogP contribution in [0.1, 0.15) is 36.1 Å². The summed E-state index contributed by atoms with van der Waals surface area (Å²) >= 11 is 2.23. The van der Waals surface area contributed by atoms with Gasteiger partial charge in [-0.25, -0.2) is 4.98 Å². The Morgan fingerprint density at radius 3 is 2.48 bits per heavy atom. The first kappa shape index (κ1) is 16.0. The molecule has 2 N–H and O–H groups in total. The fourth-order valence-corrected chi connectivity index (χ4v) is 2.86. The Labute approximate surface area is 148 Å². The molecule has 3 rings (SSSR count). The second-order valence-corrected chi connectivity index (χ2v) is 7.09. The van der Waals surface area contributed by atoms with E-state index in [1.807, 2.05) is 48.5 Å². The highest BCUT2D eigenvalue weighted by Gasteiger charge is 2.22. The smallest absolute Gasteiger partial charge is 0.251 e. The van der Waals surface area contributed by atoms with Gasteiger partial charge in [-0.2, -0.15) is 0 Å². The third kappa shape index (κ3) is 3.55. The standard InChI is InChI=1S/C18H18IN3O/c1-11(2)16(17-20-14-5-3-4-6-15(14)21-17)22-18(23)12-7-9-13(19)10-8-12/h3-11,16H,1-2H3,(H,20,21)(H,22,23). The molecule has 1 unspecified atom stereocenters. The fraction of sp³-hybridized carbons (Fsp3) is 0.222. The van der Waals surface area contributed by atoms with Crippen molar-refractivity contribution in [3.63, 3.8) is 0 Å². The number of H-pyrrole nitrogens is 1. The van der Waals surface area contributed by atoms with Crippen molar-refractivity contribution < 1.29 is 4.79 Å². The van der Waals surface area contributed by atoms with Gasteiger partial charge in [0.15, 0.2) is 0 Å². The fourth-order valence-electron chi connectivity index (χ4n) is 2.50. The van der Waals surface area contributed by atoms with Crippen LogP contribution in [0.2, 0.25) is 0 Å². The molecule has 0 aliphatic carbocycles. The first-order valence-corrected chi connectivity index (χ1v) is 8.63. The summed E-state index contributed by atoms with van der Waals surface area (Å²) in [4.78, 5) is 20.4. The molecule has 118 valence electrons. The zero-order valence-electron chi connectivity index (χ0n) is 13.0. The summed E-state index contributed by atoms with van der Waals surface area (Å²) in [6.07, 6.45) is 0. The minimum Gasteiger partial charge on any atom is -0.342 e. The lowest BCUT2D eigenvalue weighted by Gasteiger charge is -2.20. The van der Waals surface area contributed by atoms with Gasteiger partial charge in [-0.1, -0.05) is 26.0 Å². The number of nitrogens with one attached hydrogen (secondary N) is 2. The van der Waals surface area contributed by atoms with E-state index in [9.17, 15) is 4.79 Å². The number of imidazole rings is 1. The quantitative estimate of drug-likeness (QED) is 0.620. The number of hydrogen-bond acceptors (Lipinski definition) is 2. The van der Waals surface area contributed by atoms with Gasteiger partial charge < -0.3 is 10.3 Å². The van der Waals surface area contributed by atoms with Crippen molar-refractivity contribution in [2.75, 3.05) is 0 Å². The van der Waals surface area contributed by atoms with Gasteiger partial charge in [0.25, 0.3) is 5.91 Å². The Morgan fingerprint density at radius 1 is 1.13 bits per heavy atom. The molecule has 1 aromatic heterocycles. The van der Waals surface area contributed by atoms with E-state index in [0.717, 1.165) is 20.4 Å². The second-order valence-electron chi connectivity index (χ2n) is 5.84. The van der Waals surface area contributed by atoms with E-state index < -0.39 is 0 Å². The van der Waals surface area contributed by atoms with Crippen LogP contribution in [0, 0.1) is 9.49 Å². The van der Waals surface area contributed by atoms with Crippen LogP contribution in [-0.4, -0.2) is 15.9 Å². The van der Waals surface area contributed by atoms with E-state index >= 15 is 0 Å². The Balaban J connectivity index is 1.86. The minimum atomic E-state index is -0.158. The molecule has 4 nitrogen and oxygen atoms in total. The van der Waals surface area contributed by atoms with Gasteiger partial charge in [0, 0.05) is 9.13 Å². The molecule has 0 bridgehead atoms. The number of nitrogens with zero attached hydrogens (tertiary/aromatic N) is 1. The maximum Gasteiger partial charge on any atom is 0.251 e. The van der Waals surface area contributed by atoms with Gasteiger partial charge in [-0.3, -0.25) is 4.79 Å². The van der Waals surface area contributed by atoms with E-state index in [2.05, 4.69) is 51.7 Å². The van der Waals surface area contributed by atoms with Gasteiger partial charge >= 0.3 is 0 Å². The highest BCUT2D eigenvalue weighted by atomic mass is 127. The molecule has 1 atom stereocenters. The van der Waals surface area contributed by atoms with E-state index in [-0.39, 0.29) is 17.9 Å². The Hall–Kier alpha value is -1.89. The Kier molecular flexibility index (Phi) is 4.66. The number of carbonyl (C=O) groups is 1. The van der Waals surface area contributed by atoms with Gasteiger partial charge in [-0.05, 0) is 64.9 Å². The number of para-hydroxylation sites is 2. The van der Waals surface area contributed by atoms with Crippen LogP contribution in [0.25, 0.3) is 11.0 Å². The number of aromatic nitrogens is 2. The molecule has 3 aromatic rings. The number of rotatable bonds is 4. The zero-order valence-corrected chi connectivity index (χ0v) is 15.2. The maximum atomic E-state index is 12.5. The molecule has 5 heteroatoms. The average Bonchev–Trinajstić information content (AvgIpc) is 2.96.